The van der Waals surface area contributed by atoms with Crippen LogP contribution in [-0.4, -0.2) is 32.0 Å². The predicted molar refractivity (Wildman–Crippen MR) is 129 cm³/mol. The van der Waals surface area contributed by atoms with Gasteiger partial charge in [0.2, 0.25) is 0 Å². The molecule has 0 fully saturated rings. The molecule has 0 saturated heterocycles. The van der Waals surface area contributed by atoms with E-state index >= 15 is 0 Å². The first-order chi connectivity index (χ1) is 17.0. The molecule has 2 aromatic carbocycles. The van der Waals surface area contributed by atoms with Crippen molar-refractivity contribution in [3.63, 3.8) is 0 Å². The lowest BCUT2D eigenvalue weighted by molar-refractivity contribution is -0.0507. The Morgan fingerprint density at radius 3 is 2.64 bits per heavy atom. The lowest BCUT2D eigenvalue weighted by Crippen LogP contribution is -2.41. The summed E-state index contributed by atoms with van der Waals surface area (Å²) in [5, 5.41) is 3.07. The topological polar surface area (TPSA) is 108 Å². The Morgan fingerprint density at radius 1 is 1.19 bits per heavy atom. The van der Waals surface area contributed by atoms with Gasteiger partial charge in [0, 0.05) is 35.5 Å². The maximum Gasteiger partial charge on any atom is 0.387 e. The van der Waals surface area contributed by atoms with Crippen LogP contribution in [0.5, 0.6) is 5.75 Å². The molecule has 0 unspecified atom stereocenters. The molecule has 2 aromatic heterocycles. The lowest BCUT2D eigenvalue weighted by atomic mass is 9.93. The fraction of sp³-hybridized carbons (Fsp3) is 0.308. The van der Waals surface area contributed by atoms with Crippen LogP contribution in [-0.2, 0) is 11.1 Å². The molecule has 8 nitrogen and oxygen atoms in total. The van der Waals surface area contributed by atoms with Crippen LogP contribution in [0.4, 0.5) is 8.78 Å². The van der Waals surface area contributed by atoms with Gasteiger partial charge in [0.05, 0.1) is 28.2 Å². The Kier molecular flexibility index (Phi) is 4.72. The van der Waals surface area contributed by atoms with Gasteiger partial charge in [-0.2, -0.15) is 8.78 Å². The highest BCUT2D eigenvalue weighted by Gasteiger charge is 2.49. The summed E-state index contributed by atoms with van der Waals surface area (Å²) in [7, 11) is 0. The molecule has 1 amide bonds. The molecular formula is C26H24F2N6O2. The number of ether oxygens (including phenoxy) is 1. The van der Waals surface area contributed by atoms with Crippen molar-refractivity contribution in [2.45, 2.75) is 50.9 Å². The highest BCUT2D eigenvalue weighted by atomic mass is 19.3. The number of hydrogen-bond donors (Lipinski definition) is 2. The van der Waals surface area contributed by atoms with Crippen LogP contribution in [0, 0.1) is 0 Å². The van der Waals surface area contributed by atoms with Gasteiger partial charge in [-0.15, -0.1) is 0 Å². The number of imidazole rings is 1. The summed E-state index contributed by atoms with van der Waals surface area (Å²) in [6.07, 6.45) is 3.92. The van der Waals surface area contributed by atoms with Gasteiger partial charge in [-0.3, -0.25) is 4.79 Å². The Balaban J connectivity index is 1.53. The molecule has 0 radical (unpaired) electrons. The molecule has 184 valence electrons. The largest absolute Gasteiger partial charge is 0.434 e. The lowest BCUT2D eigenvalue weighted by Gasteiger charge is -2.23. The summed E-state index contributed by atoms with van der Waals surface area (Å²) >= 11 is 0. The van der Waals surface area contributed by atoms with E-state index in [1.807, 2.05) is 43.5 Å². The molecule has 36 heavy (non-hydrogen) atoms. The van der Waals surface area contributed by atoms with Crippen LogP contribution in [0.3, 0.4) is 0 Å². The number of hydrogen-bond acceptors (Lipinski definition) is 6. The third-order valence-electron chi connectivity index (χ3n) is 6.91. The van der Waals surface area contributed by atoms with Crippen LogP contribution < -0.4 is 15.8 Å². The smallest absolute Gasteiger partial charge is 0.387 e. The fourth-order valence-electron chi connectivity index (χ4n) is 5.30. The normalized spacial score (nSPS) is 20.8. The first-order valence-corrected chi connectivity index (χ1v) is 11.6. The van der Waals surface area contributed by atoms with Crippen molar-refractivity contribution in [2.75, 3.05) is 0 Å². The molecule has 0 aliphatic carbocycles. The number of nitrogens with zero attached hydrogens (tertiary/aromatic N) is 4. The second kappa shape index (κ2) is 7.54. The SMILES string of the molecule is CC(C)(N)c1ncc(-c2ccc3nc4n(c3c2)[C@@H]2C[C@@]4(C)NC(=O)c3cccc(OC(F)F)c32)cn1. The zero-order valence-corrected chi connectivity index (χ0v) is 19.9. The molecule has 2 aliphatic rings. The molecule has 0 spiro atoms. The minimum atomic E-state index is -3.01. The number of nitrogens with one attached hydrogen (secondary N) is 1. The third kappa shape index (κ3) is 3.35. The zero-order valence-electron chi connectivity index (χ0n) is 19.9. The van der Waals surface area contributed by atoms with Gasteiger partial charge in [-0.25, -0.2) is 15.0 Å². The van der Waals surface area contributed by atoms with Crippen molar-refractivity contribution in [2.24, 2.45) is 5.73 Å². The number of nitrogens with two attached hydrogens (primary N) is 1. The molecule has 0 saturated carbocycles. The Bertz CT molecular complexity index is 1530. The quantitative estimate of drug-likeness (QED) is 0.443. The molecule has 3 N–H and O–H groups in total. The Hall–Kier alpha value is -3.92. The van der Waals surface area contributed by atoms with Gasteiger partial charge in [0.25, 0.3) is 5.91 Å². The van der Waals surface area contributed by atoms with E-state index < -0.39 is 23.7 Å². The summed E-state index contributed by atoms with van der Waals surface area (Å²) < 4.78 is 33.4. The first kappa shape index (κ1) is 22.5. The van der Waals surface area contributed by atoms with Crippen LogP contribution in [0.15, 0.2) is 48.8 Å². The second-order valence-electron chi connectivity index (χ2n) is 10.1. The minimum absolute atomic E-state index is 0.00820. The fourth-order valence-corrected chi connectivity index (χ4v) is 5.30. The maximum atomic E-state index is 13.3. The van der Waals surface area contributed by atoms with E-state index in [1.165, 1.54) is 6.07 Å². The number of carbonyl (C=O) groups is 1. The molecule has 6 rings (SSSR count). The summed E-state index contributed by atoms with van der Waals surface area (Å²) in [5.41, 5.74) is 8.65. The highest BCUT2D eigenvalue weighted by molar-refractivity contribution is 5.98. The average molecular weight is 491 g/mol. The number of alkyl halides is 2. The number of halogens is 2. The van der Waals surface area contributed by atoms with Gasteiger partial charge in [0.1, 0.15) is 17.4 Å². The summed E-state index contributed by atoms with van der Waals surface area (Å²) in [6, 6.07) is 10.0. The van der Waals surface area contributed by atoms with E-state index in [-0.39, 0.29) is 11.7 Å². The van der Waals surface area contributed by atoms with E-state index in [9.17, 15) is 13.6 Å². The Labute approximate surface area is 205 Å². The molecule has 2 atom stereocenters. The number of benzene rings is 2. The van der Waals surface area contributed by atoms with Crippen molar-refractivity contribution >= 4 is 16.9 Å². The molecule has 2 bridgehead atoms. The summed E-state index contributed by atoms with van der Waals surface area (Å²) in [6.45, 7) is 2.58. The predicted octanol–water partition coefficient (Wildman–Crippen LogP) is 4.24. The van der Waals surface area contributed by atoms with E-state index in [0.717, 1.165) is 22.2 Å². The van der Waals surface area contributed by atoms with E-state index in [0.29, 0.717) is 29.2 Å². The average Bonchev–Trinajstić information content (AvgIpc) is 3.29. The van der Waals surface area contributed by atoms with Gasteiger partial charge in [-0.1, -0.05) is 12.1 Å². The zero-order chi connectivity index (χ0) is 25.4. The van der Waals surface area contributed by atoms with Gasteiger partial charge in [0.15, 0.2) is 0 Å². The summed E-state index contributed by atoms with van der Waals surface area (Å²) in [4.78, 5) is 26.8. The number of amides is 1. The molecule has 4 aromatic rings. The van der Waals surface area contributed by atoms with Crippen molar-refractivity contribution in [1.29, 1.82) is 0 Å². The van der Waals surface area contributed by atoms with Crippen LogP contribution in [0.1, 0.15) is 60.8 Å². The van der Waals surface area contributed by atoms with Gasteiger partial charge in [-0.05, 0) is 50.6 Å². The van der Waals surface area contributed by atoms with Crippen LogP contribution in [0.2, 0.25) is 0 Å². The first-order valence-electron chi connectivity index (χ1n) is 11.6. The highest BCUT2D eigenvalue weighted by Crippen LogP contribution is 2.50. The van der Waals surface area contributed by atoms with Crippen molar-refractivity contribution in [3.8, 4) is 16.9 Å². The molecule has 2 aliphatic heterocycles. The number of rotatable bonds is 4. The monoisotopic (exact) mass is 490 g/mol. The number of fused-ring (bicyclic) bond motifs is 9. The second-order valence-corrected chi connectivity index (χ2v) is 10.1. The third-order valence-corrected chi connectivity index (χ3v) is 6.91. The van der Waals surface area contributed by atoms with Crippen LogP contribution >= 0.6 is 0 Å². The van der Waals surface area contributed by atoms with Gasteiger partial charge < -0.3 is 20.4 Å². The van der Waals surface area contributed by atoms with Crippen LogP contribution in [0.25, 0.3) is 22.2 Å². The molecule has 10 heteroatoms. The minimum Gasteiger partial charge on any atom is -0.434 e. The van der Waals surface area contributed by atoms with Gasteiger partial charge >= 0.3 is 6.61 Å². The van der Waals surface area contributed by atoms with Crippen molar-refractivity contribution < 1.29 is 18.3 Å². The van der Waals surface area contributed by atoms with Crippen molar-refractivity contribution in [1.82, 2.24) is 24.8 Å². The van der Waals surface area contributed by atoms with E-state index in [4.69, 9.17) is 15.5 Å². The molecular weight excluding hydrogens is 466 g/mol. The van der Waals surface area contributed by atoms with E-state index in [2.05, 4.69) is 15.3 Å². The van der Waals surface area contributed by atoms with E-state index in [1.54, 1.807) is 24.5 Å². The summed E-state index contributed by atoms with van der Waals surface area (Å²) in [5.74, 6) is 0.858. The molecule has 4 heterocycles. The Morgan fingerprint density at radius 2 is 1.94 bits per heavy atom. The standard InChI is InChI=1S/C26H24F2N6O2/c1-25(2,29)22-30-11-14(12-31-22)13-7-8-16-17(9-13)34-18-10-26(3,23(34)32-16)33-21(35)15-5-4-6-19(20(15)18)36-24(27)28/h4-9,11-12,18,24H,10,29H2,1-3H3,(H,33,35)/t18-,26-/m1/s1. The van der Waals surface area contributed by atoms with Crippen molar-refractivity contribution in [3.05, 3.63) is 71.6 Å². The number of aromatic nitrogens is 4. The number of carbonyl (C=O) groups excluding carboxylic acids is 1. The maximum absolute atomic E-state index is 13.3.